The number of rotatable bonds is 8. The summed E-state index contributed by atoms with van der Waals surface area (Å²) in [7, 11) is 0. The fourth-order valence-electron chi connectivity index (χ4n) is 7.78. The van der Waals surface area contributed by atoms with E-state index < -0.39 is 23.2 Å². The topological polar surface area (TPSA) is 130 Å². The summed E-state index contributed by atoms with van der Waals surface area (Å²) in [5, 5.41) is 30.8. The van der Waals surface area contributed by atoms with Crippen LogP contribution in [0.15, 0.2) is 0 Å². The first kappa shape index (κ1) is 24.9. The Bertz CT molecular complexity index is 645. The van der Waals surface area contributed by atoms with E-state index in [0.717, 1.165) is 57.8 Å². The van der Waals surface area contributed by atoms with Crippen molar-refractivity contribution in [1.29, 1.82) is 0 Å². The van der Waals surface area contributed by atoms with Crippen molar-refractivity contribution in [2.75, 3.05) is 0 Å². The molecule has 6 nitrogen and oxygen atoms in total. The largest absolute Gasteiger partial charge is 0.481 e. The van der Waals surface area contributed by atoms with Crippen LogP contribution in [0.1, 0.15) is 97.8 Å². The highest BCUT2D eigenvalue weighted by Gasteiger charge is 2.65. The molecule has 180 valence electrons. The highest BCUT2D eigenvalue weighted by atomic mass is 16.4. The molecule has 7 N–H and O–H groups in total. The molecule has 3 rings (SSSR count). The van der Waals surface area contributed by atoms with Gasteiger partial charge in [-0.25, -0.2) is 0 Å². The van der Waals surface area contributed by atoms with Gasteiger partial charge in [-0.15, -0.1) is 0 Å². The molecule has 0 heterocycles. The zero-order valence-corrected chi connectivity index (χ0v) is 19.9. The summed E-state index contributed by atoms with van der Waals surface area (Å²) >= 11 is 0. The normalized spacial score (nSPS) is 46.5. The summed E-state index contributed by atoms with van der Waals surface area (Å²) in [6, 6.07) is 0. The molecule has 0 aromatic rings. The van der Waals surface area contributed by atoms with Crippen molar-refractivity contribution in [2.24, 2.45) is 40.6 Å². The van der Waals surface area contributed by atoms with Gasteiger partial charge in [0.15, 0.2) is 0 Å². The Balaban J connectivity index is 1.88. The summed E-state index contributed by atoms with van der Waals surface area (Å²) < 4.78 is 0. The van der Waals surface area contributed by atoms with Gasteiger partial charge >= 0.3 is 5.97 Å². The molecule has 0 saturated heterocycles. The molecule has 3 saturated carbocycles. The molecule has 0 spiro atoms. The van der Waals surface area contributed by atoms with E-state index in [2.05, 4.69) is 20.8 Å². The number of nitrogens with two attached hydrogens (primary N) is 2. The molecule has 0 aliphatic heterocycles. The highest BCUT2D eigenvalue weighted by molar-refractivity contribution is 5.66. The Morgan fingerprint density at radius 1 is 1.16 bits per heavy atom. The third-order valence-electron chi connectivity index (χ3n) is 9.79. The Morgan fingerprint density at radius 2 is 1.87 bits per heavy atom. The van der Waals surface area contributed by atoms with Gasteiger partial charge in [0.25, 0.3) is 0 Å². The molecule has 0 radical (unpaired) electrons. The Morgan fingerprint density at radius 3 is 2.52 bits per heavy atom. The van der Waals surface area contributed by atoms with Crippen molar-refractivity contribution in [3.8, 4) is 0 Å². The third-order valence-corrected chi connectivity index (χ3v) is 9.79. The van der Waals surface area contributed by atoms with E-state index in [1.807, 2.05) is 0 Å². The first-order chi connectivity index (χ1) is 14.5. The molecular formula is C25H46N2O4. The first-order valence-electron chi connectivity index (χ1n) is 12.6. The van der Waals surface area contributed by atoms with Crippen LogP contribution in [0.3, 0.4) is 0 Å². The standard InChI is InChI=1S/C25H46N2O4/c1-4-5-10-25(27)22(20(29)14-18-13-19(28)9-11-23(18,25)3)24(26)12-8-17(15-24)16(2)6-7-21(30)31/h16-20,22,28-29H,4-15,26-27H2,1-3H3,(H,30,31)/t16-,17+,18?,19-,20-,22?,23?,24+,25-/m1/s1. The van der Waals surface area contributed by atoms with Gasteiger partial charge in [-0.05, 0) is 81.0 Å². The van der Waals surface area contributed by atoms with Gasteiger partial charge < -0.3 is 26.8 Å². The summed E-state index contributed by atoms with van der Waals surface area (Å²) in [5.41, 5.74) is 13.3. The molecule has 3 aliphatic rings. The molecule has 3 aliphatic carbocycles. The monoisotopic (exact) mass is 438 g/mol. The number of fused-ring (bicyclic) bond motifs is 1. The van der Waals surface area contributed by atoms with Crippen molar-refractivity contribution < 1.29 is 20.1 Å². The summed E-state index contributed by atoms with van der Waals surface area (Å²) in [4.78, 5) is 11.0. The van der Waals surface area contributed by atoms with Crippen LogP contribution in [0.4, 0.5) is 0 Å². The maximum absolute atomic E-state index is 11.5. The van der Waals surface area contributed by atoms with Crippen LogP contribution < -0.4 is 11.5 Å². The van der Waals surface area contributed by atoms with Crippen LogP contribution >= 0.6 is 0 Å². The summed E-state index contributed by atoms with van der Waals surface area (Å²) in [6.07, 6.45) is 8.61. The van der Waals surface area contributed by atoms with Crippen LogP contribution in [0.5, 0.6) is 0 Å². The van der Waals surface area contributed by atoms with Gasteiger partial charge in [-0.3, -0.25) is 4.79 Å². The first-order valence-corrected chi connectivity index (χ1v) is 12.6. The lowest BCUT2D eigenvalue weighted by Gasteiger charge is -2.65. The van der Waals surface area contributed by atoms with Crippen molar-refractivity contribution >= 4 is 5.97 Å². The van der Waals surface area contributed by atoms with Crippen LogP contribution in [-0.2, 0) is 4.79 Å². The lowest BCUT2D eigenvalue weighted by molar-refractivity contribution is -0.156. The van der Waals surface area contributed by atoms with Crippen LogP contribution in [0.2, 0.25) is 0 Å². The fraction of sp³-hybridized carbons (Fsp3) is 0.960. The predicted octanol–water partition coefficient (Wildman–Crippen LogP) is 3.42. The minimum absolute atomic E-state index is 0.134. The molecule has 0 aromatic heterocycles. The second-order valence-corrected chi connectivity index (χ2v) is 11.6. The SMILES string of the molecule is CCCC[C@@]1(N)C([C@]2(N)CC[C@H]([C@H](C)CCC(=O)O)C2)[C@H](O)CC2C[C@H](O)CCC21C. The molecule has 31 heavy (non-hydrogen) atoms. The number of carboxylic acids is 1. The summed E-state index contributed by atoms with van der Waals surface area (Å²) in [6.45, 7) is 6.61. The Labute approximate surface area is 188 Å². The van der Waals surface area contributed by atoms with Crippen molar-refractivity contribution in [3.05, 3.63) is 0 Å². The van der Waals surface area contributed by atoms with Crippen LogP contribution in [-0.4, -0.2) is 44.6 Å². The molecule has 0 aromatic carbocycles. The maximum Gasteiger partial charge on any atom is 0.303 e. The third kappa shape index (κ3) is 4.55. The van der Waals surface area contributed by atoms with E-state index in [1.165, 1.54) is 0 Å². The zero-order valence-electron chi connectivity index (χ0n) is 19.9. The van der Waals surface area contributed by atoms with E-state index in [4.69, 9.17) is 16.6 Å². The number of aliphatic hydroxyl groups excluding tert-OH is 2. The minimum atomic E-state index is -0.745. The Hall–Kier alpha value is -0.690. The molecule has 3 unspecified atom stereocenters. The number of aliphatic hydroxyl groups is 2. The molecular weight excluding hydrogens is 392 g/mol. The van der Waals surface area contributed by atoms with Gasteiger partial charge in [0.05, 0.1) is 12.2 Å². The molecule has 6 heteroatoms. The summed E-state index contributed by atoms with van der Waals surface area (Å²) in [5.74, 6) is -0.00571. The van der Waals surface area contributed by atoms with Gasteiger partial charge in [-0.2, -0.15) is 0 Å². The van der Waals surface area contributed by atoms with Crippen LogP contribution in [0, 0.1) is 29.1 Å². The molecule has 0 amide bonds. The molecule has 0 bridgehead atoms. The van der Waals surface area contributed by atoms with Crippen molar-refractivity contribution in [3.63, 3.8) is 0 Å². The van der Waals surface area contributed by atoms with E-state index in [0.29, 0.717) is 24.7 Å². The minimum Gasteiger partial charge on any atom is -0.481 e. The van der Waals surface area contributed by atoms with E-state index >= 15 is 0 Å². The number of hydrogen-bond acceptors (Lipinski definition) is 5. The fourth-order valence-corrected chi connectivity index (χ4v) is 7.78. The number of carboxylic acid groups (broad SMARTS) is 1. The maximum atomic E-state index is 11.5. The average molecular weight is 439 g/mol. The van der Waals surface area contributed by atoms with E-state index in [9.17, 15) is 15.0 Å². The van der Waals surface area contributed by atoms with Gasteiger partial charge in [0.1, 0.15) is 0 Å². The van der Waals surface area contributed by atoms with Gasteiger partial charge in [0.2, 0.25) is 0 Å². The number of unbranched alkanes of at least 4 members (excludes halogenated alkanes) is 1. The van der Waals surface area contributed by atoms with Gasteiger partial charge in [-0.1, -0.05) is 33.6 Å². The van der Waals surface area contributed by atoms with Crippen LogP contribution in [0.25, 0.3) is 0 Å². The van der Waals surface area contributed by atoms with Gasteiger partial charge in [0, 0.05) is 23.4 Å². The number of aliphatic carboxylic acids is 1. The quantitative estimate of drug-likeness (QED) is 0.395. The highest BCUT2D eigenvalue weighted by Crippen LogP contribution is 2.61. The van der Waals surface area contributed by atoms with Crippen molar-refractivity contribution in [1.82, 2.24) is 0 Å². The van der Waals surface area contributed by atoms with E-state index in [-0.39, 0.29) is 29.8 Å². The van der Waals surface area contributed by atoms with Crippen molar-refractivity contribution in [2.45, 2.75) is 121 Å². The molecule has 3 fully saturated rings. The lowest BCUT2D eigenvalue weighted by atomic mass is 9.44. The Kier molecular flexibility index (Phi) is 7.47. The second-order valence-electron chi connectivity index (χ2n) is 11.6. The average Bonchev–Trinajstić information content (AvgIpc) is 3.09. The predicted molar refractivity (Wildman–Crippen MR) is 122 cm³/mol. The number of hydrogen-bond donors (Lipinski definition) is 5. The van der Waals surface area contributed by atoms with E-state index in [1.54, 1.807) is 0 Å². The smallest absolute Gasteiger partial charge is 0.303 e. The lowest BCUT2D eigenvalue weighted by Crippen LogP contribution is -2.75. The second kappa shape index (κ2) is 9.28. The zero-order chi connectivity index (χ0) is 23.0. The molecule has 9 atom stereocenters. The number of carbonyl (C=O) groups is 1.